The summed E-state index contributed by atoms with van der Waals surface area (Å²) >= 11 is 0. The Kier molecular flexibility index (Phi) is 5.30. The van der Waals surface area contributed by atoms with Gasteiger partial charge in [-0.25, -0.2) is 12.7 Å². The molecular weight excluding hydrogens is 288 g/mol. The minimum Gasteiger partial charge on any atom is -0.351 e. The molecule has 1 saturated heterocycles. The van der Waals surface area contributed by atoms with E-state index in [4.69, 9.17) is 0 Å². The van der Waals surface area contributed by atoms with Crippen LogP contribution in [0.2, 0.25) is 0 Å². The molecular formula is C15H28N2O3S. The maximum absolute atomic E-state index is 12.5. The summed E-state index contributed by atoms with van der Waals surface area (Å²) in [6, 6.07) is 0. The number of nitrogens with zero attached hydrogens (tertiary/aromatic N) is 1. The molecule has 2 rings (SSSR count). The van der Waals surface area contributed by atoms with Crippen LogP contribution in [0.25, 0.3) is 0 Å². The van der Waals surface area contributed by atoms with Crippen molar-refractivity contribution in [3.63, 3.8) is 0 Å². The van der Waals surface area contributed by atoms with E-state index in [1.54, 1.807) is 0 Å². The molecule has 1 aliphatic heterocycles. The summed E-state index contributed by atoms with van der Waals surface area (Å²) in [6.45, 7) is 3.01. The fraction of sp³-hybridized carbons (Fsp3) is 0.933. The number of hydrogen-bond acceptors (Lipinski definition) is 3. The van der Waals surface area contributed by atoms with Gasteiger partial charge in [0.1, 0.15) is 0 Å². The van der Waals surface area contributed by atoms with Crippen LogP contribution in [0.4, 0.5) is 0 Å². The van der Waals surface area contributed by atoms with Gasteiger partial charge < -0.3 is 5.32 Å². The molecule has 0 aromatic carbocycles. The van der Waals surface area contributed by atoms with Crippen LogP contribution in [0, 0.1) is 5.92 Å². The van der Waals surface area contributed by atoms with E-state index in [0.29, 0.717) is 13.1 Å². The van der Waals surface area contributed by atoms with Crippen LogP contribution >= 0.6 is 0 Å². The van der Waals surface area contributed by atoms with Gasteiger partial charge in [0.15, 0.2) is 0 Å². The Hall–Kier alpha value is -0.620. The van der Waals surface area contributed by atoms with Crippen molar-refractivity contribution in [2.24, 2.45) is 5.92 Å². The second-order valence-corrected chi connectivity index (χ2v) is 8.91. The minimum atomic E-state index is -3.19. The molecule has 0 unspecified atom stereocenters. The van der Waals surface area contributed by atoms with E-state index < -0.39 is 10.0 Å². The molecule has 2 fully saturated rings. The van der Waals surface area contributed by atoms with Crippen molar-refractivity contribution in [1.29, 1.82) is 0 Å². The lowest BCUT2D eigenvalue weighted by Crippen LogP contribution is -2.51. The number of piperidine rings is 1. The highest BCUT2D eigenvalue weighted by molar-refractivity contribution is 7.88. The molecule has 0 radical (unpaired) electrons. The molecule has 2 aliphatic rings. The van der Waals surface area contributed by atoms with E-state index in [1.807, 2.05) is 0 Å². The first kappa shape index (κ1) is 16.7. The summed E-state index contributed by atoms with van der Waals surface area (Å²) in [5, 5.41) is 3.22. The topological polar surface area (TPSA) is 66.5 Å². The monoisotopic (exact) mass is 316 g/mol. The first-order valence-electron chi connectivity index (χ1n) is 8.07. The minimum absolute atomic E-state index is 0.0350. The molecule has 1 atom stereocenters. The molecule has 122 valence electrons. The van der Waals surface area contributed by atoms with E-state index in [2.05, 4.69) is 12.2 Å². The van der Waals surface area contributed by atoms with Crippen molar-refractivity contribution in [3.8, 4) is 0 Å². The third kappa shape index (κ3) is 4.68. The number of sulfonamides is 1. The second-order valence-electron chi connectivity index (χ2n) is 6.92. The van der Waals surface area contributed by atoms with Crippen molar-refractivity contribution < 1.29 is 13.2 Å². The van der Waals surface area contributed by atoms with Gasteiger partial charge in [-0.2, -0.15) is 0 Å². The molecule has 21 heavy (non-hydrogen) atoms. The van der Waals surface area contributed by atoms with Crippen LogP contribution < -0.4 is 5.32 Å². The lowest BCUT2D eigenvalue weighted by atomic mass is 9.90. The van der Waals surface area contributed by atoms with Gasteiger partial charge in [-0.1, -0.05) is 25.7 Å². The fourth-order valence-electron chi connectivity index (χ4n) is 3.49. The number of nitrogens with one attached hydrogen (secondary N) is 1. The van der Waals surface area contributed by atoms with E-state index in [9.17, 15) is 13.2 Å². The van der Waals surface area contributed by atoms with Crippen LogP contribution in [0.3, 0.4) is 0 Å². The van der Waals surface area contributed by atoms with Crippen LogP contribution in [0.1, 0.15) is 58.3 Å². The molecule has 1 heterocycles. The van der Waals surface area contributed by atoms with E-state index >= 15 is 0 Å². The van der Waals surface area contributed by atoms with Crippen LogP contribution in [0.5, 0.6) is 0 Å². The number of carbonyl (C=O) groups is 1. The Labute approximate surface area is 128 Å². The summed E-state index contributed by atoms with van der Waals surface area (Å²) < 4.78 is 24.7. The van der Waals surface area contributed by atoms with Crippen LogP contribution in [0.15, 0.2) is 0 Å². The van der Waals surface area contributed by atoms with Gasteiger partial charge in [0.05, 0.1) is 12.2 Å². The summed E-state index contributed by atoms with van der Waals surface area (Å²) in [5.41, 5.74) is -0.110. The van der Waals surface area contributed by atoms with Gasteiger partial charge >= 0.3 is 0 Å². The van der Waals surface area contributed by atoms with E-state index in [1.165, 1.54) is 23.4 Å². The molecule has 1 saturated carbocycles. The van der Waals surface area contributed by atoms with Crippen LogP contribution in [-0.2, 0) is 14.8 Å². The quantitative estimate of drug-likeness (QED) is 0.809. The zero-order chi connectivity index (χ0) is 15.5. The Balaban J connectivity index is 1.96. The SMILES string of the molecule is CC1(NC(=O)[C@H]2CCCN(S(C)(=O)=O)C2)CCCCCC1. The average Bonchev–Trinajstić information content (AvgIpc) is 2.63. The standard InChI is InChI=1S/C15H28N2O3S/c1-15(9-5-3-4-6-10-15)16-14(18)13-8-7-11-17(12-13)21(2,19)20/h13H,3-12H2,1-2H3,(H,16,18)/t13-/m0/s1. The molecule has 1 aliphatic carbocycles. The van der Waals surface area contributed by atoms with Gasteiger partial charge in [0.2, 0.25) is 15.9 Å². The molecule has 0 aromatic heterocycles. The van der Waals surface area contributed by atoms with Gasteiger partial charge in [0.25, 0.3) is 0 Å². The van der Waals surface area contributed by atoms with Gasteiger partial charge in [-0.15, -0.1) is 0 Å². The van der Waals surface area contributed by atoms with E-state index in [-0.39, 0.29) is 17.4 Å². The number of amides is 1. The summed E-state index contributed by atoms with van der Waals surface area (Å²) in [4.78, 5) is 12.5. The molecule has 0 bridgehead atoms. The van der Waals surface area contributed by atoms with Crippen molar-refractivity contribution in [2.75, 3.05) is 19.3 Å². The first-order valence-corrected chi connectivity index (χ1v) is 9.92. The number of carbonyl (C=O) groups excluding carboxylic acids is 1. The van der Waals surface area contributed by atoms with Gasteiger partial charge in [-0.05, 0) is 32.6 Å². The fourth-order valence-corrected chi connectivity index (χ4v) is 4.40. The highest BCUT2D eigenvalue weighted by atomic mass is 32.2. The average molecular weight is 316 g/mol. The Morgan fingerprint density at radius 1 is 1.14 bits per heavy atom. The zero-order valence-corrected chi connectivity index (χ0v) is 14.0. The predicted octanol–water partition coefficient (Wildman–Crippen LogP) is 1.89. The predicted molar refractivity (Wildman–Crippen MR) is 83.4 cm³/mol. The zero-order valence-electron chi connectivity index (χ0n) is 13.2. The van der Waals surface area contributed by atoms with Crippen molar-refractivity contribution in [2.45, 2.75) is 63.8 Å². The lowest BCUT2D eigenvalue weighted by Gasteiger charge is -2.35. The molecule has 1 amide bonds. The smallest absolute Gasteiger partial charge is 0.224 e. The summed E-state index contributed by atoms with van der Waals surface area (Å²) in [7, 11) is -3.19. The van der Waals surface area contributed by atoms with Crippen LogP contribution in [-0.4, -0.2) is 43.5 Å². The largest absolute Gasteiger partial charge is 0.351 e. The lowest BCUT2D eigenvalue weighted by molar-refractivity contribution is -0.128. The normalized spacial score (nSPS) is 27.8. The van der Waals surface area contributed by atoms with Crippen molar-refractivity contribution >= 4 is 15.9 Å². The number of hydrogen-bond donors (Lipinski definition) is 1. The molecule has 6 heteroatoms. The maximum atomic E-state index is 12.5. The third-order valence-electron chi connectivity index (χ3n) is 4.86. The van der Waals surface area contributed by atoms with E-state index in [0.717, 1.165) is 38.5 Å². The highest BCUT2D eigenvalue weighted by Gasteiger charge is 2.34. The third-order valence-corrected chi connectivity index (χ3v) is 6.13. The second kappa shape index (κ2) is 6.65. The highest BCUT2D eigenvalue weighted by Crippen LogP contribution is 2.28. The first-order chi connectivity index (χ1) is 9.80. The molecule has 0 spiro atoms. The Morgan fingerprint density at radius 3 is 2.33 bits per heavy atom. The Bertz CT molecular complexity index is 467. The van der Waals surface area contributed by atoms with Crippen molar-refractivity contribution in [3.05, 3.63) is 0 Å². The maximum Gasteiger partial charge on any atom is 0.224 e. The molecule has 5 nitrogen and oxygen atoms in total. The molecule has 0 aromatic rings. The van der Waals surface area contributed by atoms with Gasteiger partial charge in [0, 0.05) is 18.6 Å². The molecule has 1 N–H and O–H groups in total. The number of rotatable bonds is 3. The Morgan fingerprint density at radius 2 is 1.76 bits per heavy atom. The summed E-state index contributed by atoms with van der Waals surface area (Å²) in [5.74, 6) is -0.165. The summed E-state index contributed by atoms with van der Waals surface area (Å²) in [6.07, 6.45) is 9.65. The van der Waals surface area contributed by atoms with Crippen molar-refractivity contribution in [1.82, 2.24) is 9.62 Å². The van der Waals surface area contributed by atoms with Gasteiger partial charge in [-0.3, -0.25) is 4.79 Å².